The molecular weight excluding hydrogens is 112 g/mol. The molecule has 0 N–H and O–H groups in total. The van der Waals surface area contributed by atoms with Crippen molar-refractivity contribution in [3.8, 4) is 0 Å². The monoisotopic (exact) mass is 116 g/mol. The number of rotatable bonds is 0. The lowest BCUT2D eigenvalue weighted by molar-refractivity contribution is 1.10. The molecule has 0 aromatic rings. The van der Waals surface area contributed by atoms with E-state index >= 15 is 0 Å². The van der Waals surface area contributed by atoms with Crippen molar-refractivity contribution < 1.29 is 0 Å². The highest BCUT2D eigenvalue weighted by atomic mass is 35.5. The predicted molar refractivity (Wildman–Crippen MR) is 28.3 cm³/mol. The third-order valence-corrected chi connectivity index (χ3v) is 1.22. The average Bonchev–Trinajstić information content (AvgIpc) is 1.91. The van der Waals surface area contributed by atoms with Crippen molar-refractivity contribution in [2.45, 2.75) is 6.92 Å². The molecule has 0 saturated carbocycles. The lowest BCUT2D eigenvalue weighted by atomic mass is 10.4. The van der Waals surface area contributed by atoms with E-state index in [2.05, 4.69) is 10.2 Å². The second-order valence-corrected chi connectivity index (χ2v) is 1.83. The zero-order valence-corrected chi connectivity index (χ0v) is 4.74. The first kappa shape index (κ1) is 4.78. The van der Waals surface area contributed by atoms with Crippen LogP contribution in [0, 0.1) is 0 Å². The minimum atomic E-state index is 0.556. The van der Waals surface area contributed by atoms with Crippen LogP contribution >= 0.6 is 11.6 Å². The molecule has 7 heavy (non-hydrogen) atoms. The fourth-order valence-electron chi connectivity index (χ4n) is 0.354. The molecule has 0 amide bonds. The van der Waals surface area contributed by atoms with Crippen LogP contribution in [0.15, 0.2) is 21.0 Å². The number of nitrogens with zero attached hydrogens (tertiary/aromatic N) is 2. The Kier molecular flexibility index (Phi) is 1.11. The van der Waals surface area contributed by atoms with Crippen LogP contribution in [-0.2, 0) is 0 Å². The molecule has 3 heteroatoms. The molecule has 0 saturated heterocycles. The molecule has 1 aliphatic heterocycles. The second-order valence-electron chi connectivity index (χ2n) is 1.47. The molecule has 0 aliphatic carbocycles. The maximum atomic E-state index is 5.48. The number of halogens is 1. The first-order valence-corrected chi connectivity index (χ1v) is 2.41. The highest BCUT2D eigenvalue weighted by Gasteiger charge is 2.01. The molecule has 1 aliphatic rings. The normalized spacial score (nSPS) is 19.1. The van der Waals surface area contributed by atoms with Crippen LogP contribution in [0.25, 0.3) is 0 Å². The van der Waals surface area contributed by atoms with Crippen molar-refractivity contribution in [1.82, 2.24) is 0 Å². The molecule has 0 atom stereocenters. The van der Waals surface area contributed by atoms with Gasteiger partial charge in [-0.05, 0) is 12.5 Å². The first-order valence-electron chi connectivity index (χ1n) is 2.03. The van der Waals surface area contributed by atoms with Crippen molar-refractivity contribution in [2.75, 3.05) is 6.54 Å². The van der Waals surface area contributed by atoms with E-state index < -0.39 is 0 Å². The van der Waals surface area contributed by atoms with Crippen molar-refractivity contribution in [2.24, 2.45) is 10.2 Å². The summed E-state index contributed by atoms with van der Waals surface area (Å²) >= 11 is 5.48. The SMILES string of the molecule is CC1=C(Cl)N=NC1. The smallest absolute Gasteiger partial charge is 0.152 e. The summed E-state index contributed by atoms with van der Waals surface area (Å²) in [6.45, 7) is 2.60. The maximum absolute atomic E-state index is 5.48. The van der Waals surface area contributed by atoms with Gasteiger partial charge in [-0.25, -0.2) is 0 Å². The Labute approximate surface area is 46.9 Å². The van der Waals surface area contributed by atoms with Gasteiger partial charge in [0.15, 0.2) is 5.16 Å². The molecule has 0 radical (unpaired) electrons. The molecule has 0 aromatic heterocycles. The Morgan fingerprint density at radius 3 is 2.57 bits per heavy atom. The summed E-state index contributed by atoms with van der Waals surface area (Å²) in [5.41, 5.74) is 1.06. The van der Waals surface area contributed by atoms with Gasteiger partial charge in [0.2, 0.25) is 0 Å². The summed E-state index contributed by atoms with van der Waals surface area (Å²) in [6, 6.07) is 0. The summed E-state index contributed by atoms with van der Waals surface area (Å²) in [5.74, 6) is 0. The lowest BCUT2D eigenvalue weighted by Gasteiger charge is -1.80. The Hall–Kier alpha value is -0.370. The van der Waals surface area contributed by atoms with E-state index in [1.54, 1.807) is 0 Å². The third kappa shape index (κ3) is 0.800. The second kappa shape index (κ2) is 1.62. The van der Waals surface area contributed by atoms with Crippen LogP contribution in [-0.4, -0.2) is 6.54 Å². The first-order chi connectivity index (χ1) is 3.30. The number of azo groups is 1. The van der Waals surface area contributed by atoms with E-state index in [1.165, 1.54) is 0 Å². The van der Waals surface area contributed by atoms with Crippen LogP contribution in [0.2, 0.25) is 0 Å². The maximum Gasteiger partial charge on any atom is 0.152 e. The van der Waals surface area contributed by atoms with E-state index in [0.717, 1.165) is 5.57 Å². The molecule has 0 spiro atoms. The van der Waals surface area contributed by atoms with Crippen LogP contribution in [0.3, 0.4) is 0 Å². The van der Waals surface area contributed by atoms with E-state index in [-0.39, 0.29) is 0 Å². The van der Waals surface area contributed by atoms with Gasteiger partial charge < -0.3 is 0 Å². The Morgan fingerprint density at radius 2 is 2.43 bits per heavy atom. The molecule has 0 fully saturated rings. The van der Waals surface area contributed by atoms with Crippen molar-refractivity contribution >= 4 is 11.6 Å². The summed E-state index contributed by atoms with van der Waals surface area (Å²) in [7, 11) is 0. The summed E-state index contributed by atoms with van der Waals surface area (Å²) in [6.07, 6.45) is 0. The Morgan fingerprint density at radius 1 is 1.71 bits per heavy atom. The lowest BCUT2D eigenvalue weighted by Crippen LogP contribution is -1.73. The summed E-state index contributed by atoms with van der Waals surface area (Å²) in [5, 5.41) is 7.81. The zero-order valence-electron chi connectivity index (χ0n) is 3.98. The van der Waals surface area contributed by atoms with E-state index in [4.69, 9.17) is 11.6 Å². The Bertz CT molecular complexity index is 137. The highest BCUT2D eigenvalue weighted by Crippen LogP contribution is 2.16. The molecule has 2 nitrogen and oxygen atoms in total. The summed E-state index contributed by atoms with van der Waals surface area (Å²) in [4.78, 5) is 0. The number of hydrogen-bond acceptors (Lipinski definition) is 2. The average molecular weight is 117 g/mol. The quantitative estimate of drug-likeness (QED) is 0.432. The number of hydrogen-bond donors (Lipinski definition) is 0. The highest BCUT2D eigenvalue weighted by molar-refractivity contribution is 6.29. The predicted octanol–water partition coefficient (Wildman–Crippen LogP) is 1.92. The van der Waals surface area contributed by atoms with Crippen LogP contribution in [0.5, 0.6) is 0 Å². The van der Waals surface area contributed by atoms with Crippen molar-refractivity contribution in [3.63, 3.8) is 0 Å². The molecule has 1 rings (SSSR count). The van der Waals surface area contributed by atoms with Gasteiger partial charge in [-0.2, -0.15) is 5.11 Å². The molecule has 38 valence electrons. The van der Waals surface area contributed by atoms with Gasteiger partial charge >= 0.3 is 0 Å². The molecule has 1 heterocycles. The minimum Gasteiger partial charge on any atom is -0.183 e. The van der Waals surface area contributed by atoms with Gasteiger partial charge in [-0.1, -0.05) is 11.6 Å². The topological polar surface area (TPSA) is 24.7 Å². The van der Waals surface area contributed by atoms with Crippen molar-refractivity contribution in [3.05, 3.63) is 10.7 Å². The molecule has 0 unspecified atom stereocenters. The largest absolute Gasteiger partial charge is 0.183 e. The molecule has 0 bridgehead atoms. The van der Waals surface area contributed by atoms with E-state index in [1.807, 2.05) is 6.92 Å². The zero-order chi connectivity index (χ0) is 5.28. The van der Waals surface area contributed by atoms with Crippen molar-refractivity contribution in [1.29, 1.82) is 0 Å². The standard InChI is InChI=1S/C4H5ClN2/c1-3-2-6-7-4(3)5/h2H2,1H3. The van der Waals surface area contributed by atoms with Gasteiger partial charge in [-0.3, -0.25) is 0 Å². The van der Waals surface area contributed by atoms with Gasteiger partial charge in [-0.15, -0.1) is 5.11 Å². The van der Waals surface area contributed by atoms with Crippen LogP contribution in [0.1, 0.15) is 6.92 Å². The molecule has 0 aromatic carbocycles. The van der Waals surface area contributed by atoms with Gasteiger partial charge in [0.05, 0.1) is 6.54 Å². The van der Waals surface area contributed by atoms with Crippen LogP contribution in [0.4, 0.5) is 0 Å². The van der Waals surface area contributed by atoms with Crippen LogP contribution < -0.4 is 0 Å². The Balaban J connectivity index is 2.79. The van der Waals surface area contributed by atoms with E-state index in [0.29, 0.717) is 11.7 Å². The van der Waals surface area contributed by atoms with Gasteiger partial charge in [0.1, 0.15) is 0 Å². The van der Waals surface area contributed by atoms with Gasteiger partial charge in [0, 0.05) is 0 Å². The fourth-order valence-corrected chi connectivity index (χ4v) is 0.467. The van der Waals surface area contributed by atoms with E-state index in [9.17, 15) is 0 Å². The van der Waals surface area contributed by atoms with Gasteiger partial charge in [0.25, 0.3) is 0 Å². The third-order valence-electron chi connectivity index (χ3n) is 0.819. The fraction of sp³-hybridized carbons (Fsp3) is 0.500. The summed E-state index contributed by atoms with van der Waals surface area (Å²) < 4.78 is 0. The minimum absolute atomic E-state index is 0.556. The molecular formula is C4H5ClN2.